The van der Waals surface area contributed by atoms with Crippen LogP contribution in [0, 0.1) is 10.8 Å². The van der Waals surface area contributed by atoms with E-state index in [4.69, 9.17) is 9.47 Å². The second kappa shape index (κ2) is 4.76. The molecule has 1 spiro atoms. The average Bonchev–Trinajstić information content (AvgIpc) is 3.35. The van der Waals surface area contributed by atoms with Crippen molar-refractivity contribution in [2.24, 2.45) is 10.8 Å². The fraction of sp³-hybridized carbons (Fsp3) is 0.765. The Hall–Kier alpha value is -1.16. The summed E-state index contributed by atoms with van der Waals surface area (Å²) < 4.78 is 11.5. The number of aliphatic hydroxyl groups is 4. The summed E-state index contributed by atoms with van der Waals surface area (Å²) in [4.78, 5) is 24.9. The zero-order chi connectivity index (χ0) is 18.5. The molecule has 2 aliphatic carbocycles. The number of carbonyl (C=O) groups is 2. The molecule has 2 bridgehead atoms. The molecule has 8 nitrogen and oxygen atoms in total. The minimum absolute atomic E-state index is 0.0670. The van der Waals surface area contributed by atoms with E-state index in [1.807, 2.05) is 0 Å². The van der Waals surface area contributed by atoms with E-state index in [1.165, 1.54) is 13.8 Å². The third-order valence-corrected chi connectivity index (χ3v) is 7.15. The molecule has 4 N–H and O–H groups in total. The maximum absolute atomic E-state index is 12.7. The van der Waals surface area contributed by atoms with Crippen LogP contribution in [0.1, 0.15) is 20.8 Å². The van der Waals surface area contributed by atoms with Crippen molar-refractivity contribution in [3.63, 3.8) is 0 Å². The molecule has 4 rings (SSSR count). The highest BCUT2D eigenvalue weighted by atomic mass is 16.6. The molecule has 8 heteroatoms. The van der Waals surface area contributed by atoms with E-state index in [9.17, 15) is 30.0 Å². The van der Waals surface area contributed by atoms with Crippen LogP contribution in [0.25, 0.3) is 0 Å². The summed E-state index contributed by atoms with van der Waals surface area (Å²) >= 11 is 0. The topological polar surface area (TPSA) is 137 Å². The van der Waals surface area contributed by atoms with Crippen LogP contribution in [-0.4, -0.2) is 81.3 Å². The van der Waals surface area contributed by atoms with Crippen molar-refractivity contribution in [3.8, 4) is 0 Å². The van der Waals surface area contributed by atoms with E-state index in [-0.39, 0.29) is 17.8 Å². The van der Waals surface area contributed by atoms with Crippen molar-refractivity contribution in [1.29, 1.82) is 0 Å². The lowest BCUT2D eigenvalue weighted by Crippen LogP contribution is -2.73. The number of ether oxygens (including phenoxy) is 2. The van der Waals surface area contributed by atoms with Crippen molar-refractivity contribution in [2.45, 2.75) is 56.9 Å². The van der Waals surface area contributed by atoms with Gasteiger partial charge in [0.25, 0.3) is 0 Å². The van der Waals surface area contributed by atoms with Gasteiger partial charge in [-0.25, -0.2) is 0 Å². The molecule has 1 saturated carbocycles. The number of hydrogen-bond donors (Lipinski definition) is 4. The standard InChI is InChI=1S/C17H22O8/c1-6-8(7(2)19)13-16(4-18,12(23)9(6)20)15(3)11(22)10(21)14(25-13)17(15)5-24-17/h10-14,18,21-23H,4-5H2,1-3H3/t10-,11-,12-,13-,14-,15-,16+,17-/m1/s1. The number of aliphatic hydroxyl groups excluding tert-OH is 4. The van der Waals surface area contributed by atoms with E-state index in [0.29, 0.717) is 0 Å². The van der Waals surface area contributed by atoms with E-state index in [0.717, 1.165) is 0 Å². The van der Waals surface area contributed by atoms with Crippen LogP contribution < -0.4 is 0 Å². The Bertz CT molecular complexity index is 709. The van der Waals surface area contributed by atoms with Crippen LogP contribution in [0.4, 0.5) is 0 Å². The Kier molecular flexibility index (Phi) is 3.29. The molecule has 0 aromatic rings. The highest BCUT2D eigenvalue weighted by Gasteiger charge is 2.87. The Balaban J connectivity index is 2.03. The SMILES string of the molecule is CC(=O)C1=C(C)C(=O)[C@@H](O)[C@@]2(CO)[C@@H]1O[C@@H]1[C@H](O)[C@@H](O)[C@@]2(C)[C@@]12CO2. The molecule has 2 heterocycles. The van der Waals surface area contributed by atoms with Crippen LogP contribution in [0.15, 0.2) is 11.1 Å². The van der Waals surface area contributed by atoms with Gasteiger partial charge >= 0.3 is 0 Å². The molecule has 0 unspecified atom stereocenters. The predicted octanol–water partition coefficient (Wildman–Crippen LogP) is -1.91. The zero-order valence-corrected chi connectivity index (χ0v) is 14.2. The summed E-state index contributed by atoms with van der Waals surface area (Å²) in [6.07, 6.45) is -6.46. The predicted molar refractivity (Wildman–Crippen MR) is 81.4 cm³/mol. The second-order valence-electron chi connectivity index (χ2n) is 7.81. The summed E-state index contributed by atoms with van der Waals surface area (Å²) in [6.45, 7) is 3.74. The van der Waals surface area contributed by atoms with E-state index < -0.39 is 65.1 Å². The third kappa shape index (κ3) is 1.52. The number of carbonyl (C=O) groups excluding carboxylic acids is 2. The molecular formula is C17H22O8. The van der Waals surface area contributed by atoms with Crippen LogP contribution in [0.2, 0.25) is 0 Å². The van der Waals surface area contributed by atoms with Crippen LogP contribution >= 0.6 is 0 Å². The van der Waals surface area contributed by atoms with Crippen LogP contribution in [-0.2, 0) is 19.1 Å². The lowest BCUT2D eigenvalue weighted by molar-refractivity contribution is -0.256. The molecule has 2 aliphatic heterocycles. The van der Waals surface area contributed by atoms with Gasteiger partial charge in [-0.3, -0.25) is 9.59 Å². The first-order valence-electron chi connectivity index (χ1n) is 8.32. The monoisotopic (exact) mass is 354 g/mol. The molecule has 138 valence electrons. The van der Waals surface area contributed by atoms with Crippen molar-refractivity contribution in [2.75, 3.05) is 13.2 Å². The molecule has 0 aromatic heterocycles. The highest BCUT2D eigenvalue weighted by Crippen LogP contribution is 2.71. The summed E-state index contributed by atoms with van der Waals surface area (Å²) in [7, 11) is 0. The summed E-state index contributed by atoms with van der Waals surface area (Å²) in [5.41, 5.74) is -4.04. The first kappa shape index (κ1) is 17.3. The van der Waals surface area contributed by atoms with Gasteiger partial charge in [-0.2, -0.15) is 0 Å². The van der Waals surface area contributed by atoms with Crippen molar-refractivity contribution < 1.29 is 39.5 Å². The van der Waals surface area contributed by atoms with Crippen LogP contribution in [0.3, 0.4) is 0 Å². The largest absolute Gasteiger partial charge is 0.396 e. The highest BCUT2D eigenvalue weighted by molar-refractivity contribution is 6.09. The Labute approximate surface area is 144 Å². The van der Waals surface area contributed by atoms with Gasteiger partial charge in [0.05, 0.1) is 30.8 Å². The minimum Gasteiger partial charge on any atom is -0.396 e. The number of epoxide rings is 1. The summed E-state index contributed by atoms with van der Waals surface area (Å²) in [5.74, 6) is -1.11. The number of ketones is 2. The van der Waals surface area contributed by atoms with Crippen molar-refractivity contribution >= 4 is 11.6 Å². The van der Waals surface area contributed by atoms with Crippen LogP contribution in [0.5, 0.6) is 0 Å². The van der Waals surface area contributed by atoms with Gasteiger partial charge in [0.1, 0.15) is 23.9 Å². The summed E-state index contributed by atoms with van der Waals surface area (Å²) in [6, 6.07) is 0. The molecular weight excluding hydrogens is 332 g/mol. The average molecular weight is 354 g/mol. The fourth-order valence-electron chi connectivity index (χ4n) is 5.57. The zero-order valence-electron chi connectivity index (χ0n) is 14.2. The Morgan fingerprint density at radius 3 is 2.40 bits per heavy atom. The first-order valence-corrected chi connectivity index (χ1v) is 8.32. The van der Waals surface area contributed by atoms with Gasteiger partial charge in [-0.1, -0.05) is 6.92 Å². The van der Waals surface area contributed by atoms with E-state index in [1.54, 1.807) is 6.92 Å². The lowest BCUT2D eigenvalue weighted by atomic mass is 9.48. The minimum atomic E-state index is -1.70. The van der Waals surface area contributed by atoms with Gasteiger partial charge in [0, 0.05) is 16.6 Å². The van der Waals surface area contributed by atoms with Crippen molar-refractivity contribution in [3.05, 3.63) is 11.1 Å². The number of fused-ring (bicyclic) bond motifs is 2. The van der Waals surface area contributed by atoms with Gasteiger partial charge in [-0.05, 0) is 13.8 Å². The van der Waals surface area contributed by atoms with Crippen molar-refractivity contribution in [1.82, 2.24) is 0 Å². The second-order valence-corrected chi connectivity index (χ2v) is 7.81. The maximum atomic E-state index is 12.7. The molecule has 0 radical (unpaired) electrons. The summed E-state index contributed by atoms with van der Waals surface area (Å²) in [5, 5.41) is 42.5. The number of Topliss-reactive ketones (excluding diaryl/α,β-unsaturated/α-hetero) is 2. The number of rotatable bonds is 2. The molecule has 0 aromatic carbocycles. The normalized spacial score (nSPS) is 54.0. The van der Waals surface area contributed by atoms with Gasteiger partial charge < -0.3 is 29.9 Å². The number of hydrogen-bond acceptors (Lipinski definition) is 8. The fourth-order valence-corrected chi connectivity index (χ4v) is 5.57. The van der Waals surface area contributed by atoms with Gasteiger partial charge in [0.2, 0.25) is 0 Å². The quantitative estimate of drug-likeness (QED) is 0.422. The first-order chi connectivity index (χ1) is 11.6. The Morgan fingerprint density at radius 1 is 1.32 bits per heavy atom. The maximum Gasteiger partial charge on any atom is 0.188 e. The molecule has 25 heavy (non-hydrogen) atoms. The molecule has 8 atom stereocenters. The van der Waals surface area contributed by atoms with E-state index in [2.05, 4.69) is 0 Å². The smallest absolute Gasteiger partial charge is 0.188 e. The Morgan fingerprint density at radius 2 is 1.92 bits per heavy atom. The van der Waals surface area contributed by atoms with E-state index >= 15 is 0 Å². The third-order valence-electron chi connectivity index (χ3n) is 7.15. The molecule has 4 aliphatic rings. The molecule has 2 saturated heterocycles. The van der Waals surface area contributed by atoms with Gasteiger partial charge in [-0.15, -0.1) is 0 Å². The lowest BCUT2D eigenvalue weighted by Gasteiger charge is -2.59. The van der Waals surface area contributed by atoms with Gasteiger partial charge in [0.15, 0.2) is 11.6 Å². The molecule has 3 fully saturated rings. The molecule has 0 amide bonds.